The molecule has 2 fully saturated rings. The first-order valence-corrected chi connectivity index (χ1v) is 12.9. The van der Waals surface area contributed by atoms with Crippen LogP contribution in [-0.4, -0.2) is 48.9 Å². The summed E-state index contributed by atoms with van der Waals surface area (Å²) in [5.41, 5.74) is -0.0512. The van der Waals surface area contributed by atoms with Gasteiger partial charge in [-0.1, -0.05) is 33.4 Å². The van der Waals surface area contributed by atoms with Gasteiger partial charge in [-0.25, -0.2) is 13.6 Å². The van der Waals surface area contributed by atoms with Crippen LogP contribution in [0.15, 0.2) is 46.7 Å². The highest BCUT2D eigenvalue weighted by Gasteiger charge is 2.52. The van der Waals surface area contributed by atoms with E-state index in [2.05, 4.69) is 48.2 Å². The lowest BCUT2D eigenvalue weighted by Gasteiger charge is -2.45. The number of hydrogen-bond acceptors (Lipinski definition) is 5. The molecule has 2 aliphatic rings. The molecule has 1 unspecified atom stereocenters. The SMILES string of the molecule is C=C(/C=C(\N=NC)c1c(F)cccc1F)[C@@H]1CC[C@@](C)(CN(CC)C(=O)CCC2NC(=O)NC2=O)C1(C)C. The fraction of sp³-hybridized carbons (Fsp3) is 0.536. The highest BCUT2D eigenvalue weighted by atomic mass is 19.1. The van der Waals surface area contributed by atoms with Crippen LogP contribution in [-0.2, 0) is 9.59 Å². The average molecular weight is 530 g/mol. The molecule has 1 saturated heterocycles. The van der Waals surface area contributed by atoms with Crippen LogP contribution in [0.25, 0.3) is 5.70 Å². The van der Waals surface area contributed by atoms with Crippen LogP contribution in [0, 0.1) is 28.4 Å². The van der Waals surface area contributed by atoms with Crippen LogP contribution in [0.5, 0.6) is 0 Å². The number of carbonyl (C=O) groups excluding carboxylic acids is 3. The van der Waals surface area contributed by atoms with Gasteiger partial charge < -0.3 is 10.2 Å². The molecule has 1 aliphatic carbocycles. The summed E-state index contributed by atoms with van der Waals surface area (Å²) in [5.74, 6) is -1.96. The Balaban J connectivity index is 1.76. The van der Waals surface area contributed by atoms with Gasteiger partial charge in [0.15, 0.2) is 0 Å². The summed E-state index contributed by atoms with van der Waals surface area (Å²) in [7, 11) is 1.44. The van der Waals surface area contributed by atoms with Gasteiger partial charge in [0.25, 0.3) is 5.91 Å². The summed E-state index contributed by atoms with van der Waals surface area (Å²) in [6, 6.07) is 2.42. The maximum absolute atomic E-state index is 14.5. The van der Waals surface area contributed by atoms with Crippen molar-refractivity contribution < 1.29 is 23.2 Å². The minimum Gasteiger partial charge on any atom is -0.342 e. The van der Waals surface area contributed by atoms with Crippen molar-refractivity contribution in [1.29, 1.82) is 0 Å². The number of allylic oxidation sites excluding steroid dienone is 2. The predicted molar refractivity (Wildman–Crippen MR) is 141 cm³/mol. The fourth-order valence-electron chi connectivity index (χ4n) is 5.66. The maximum Gasteiger partial charge on any atom is 0.322 e. The highest BCUT2D eigenvalue weighted by Crippen LogP contribution is 2.58. The van der Waals surface area contributed by atoms with Crippen molar-refractivity contribution >= 4 is 23.5 Å². The first-order valence-electron chi connectivity index (χ1n) is 12.9. The van der Waals surface area contributed by atoms with Crippen molar-refractivity contribution in [2.45, 2.75) is 59.4 Å². The quantitative estimate of drug-likeness (QED) is 0.247. The number of nitrogens with zero attached hydrogens (tertiary/aromatic N) is 3. The lowest BCUT2D eigenvalue weighted by Crippen LogP contribution is -2.46. The molecule has 2 N–H and O–H groups in total. The summed E-state index contributed by atoms with van der Waals surface area (Å²) in [5, 5.41) is 12.5. The molecule has 4 amide bonds. The molecule has 1 aliphatic heterocycles. The first kappa shape index (κ1) is 29.1. The monoisotopic (exact) mass is 529 g/mol. The molecule has 38 heavy (non-hydrogen) atoms. The minimum atomic E-state index is -0.723. The second-order valence-corrected chi connectivity index (χ2v) is 10.8. The first-order chi connectivity index (χ1) is 17.8. The molecule has 8 nitrogen and oxygen atoms in total. The molecule has 1 saturated carbocycles. The Morgan fingerprint density at radius 3 is 2.45 bits per heavy atom. The summed E-state index contributed by atoms with van der Waals surface area (Å²) in [6.45, 7) is 13.6. The molecule has 0 spiro atoms. The fourth-order valence-corrected chi connectivity index (χ4v) is 5.66. The van der Waals surface area contributed by atoms with E-state index < -0.39 is 29.6 Å². The van der Waals surface area contributed by atoms with Gasteiger partial charge in [0.2, 0.25) is 5.91 Å². The molecule has 0 aromatic heterocycles. The van der Waals surface area contributed by atoms with Crippen LogP contribution in [0.2, 0.25) is 0 Å². The van der Waals surface area contributed by atoms with E-state index in [1.165, 1.54) is 25.2 Å². The van der Waals surface area contributed by atoms with E-state index in [1.54, 1.807) is 11.0 Å². The molecule has 10 heteroatoms. The number of hydrogen-bond donors (Lipinski definition) is 2. The van der Waals surface area contributed by atoms with E-state index in [-0.39, 0.29) is 46.8 Å². The van der Waals surface area contributed by atoms with Gasteiger partial charge in [-0.05, 0) is 66.7 Å². The maximum atomic E-state index is 14.5. The Labute approximate surface area is 222 Å². The Morgan fingerprint density at radius 1 is 1.24 bits per heavy atom. The molecular weight excluding hydrogens is 492 g/mol. The lowest BCUT2D eigenvalue weighted by molar-refractivity contribution is -0.134. The smallest absolute Gasteiger partial charge is 0.322 e. The van der Waals surface area contributed by atoms with E-state index in [4.69, 9.17) is 0 Å². The molecule has 1 heterocycles. The third-order valence-corrected chi connectivity index (χ3v) is 8.39. The van der Waals surface area contributed by atoms with Gasteiger partial charge in [-0.15, -0.1) is 0 Å². The molecule has 3 rings (SSSR count). The average Bonchev–Trinajstić information content (AvgIpc) is 3.29. The second-order valence-electron chi connectivity index (χ2n) is 10.8. The largest absolute Gasteiger partial charge is 0.342 e. The molecule has 0 bridgehead atoms. The van der Waals surface area contributed by atoms with Crippen molar-refractivity contribution in [2.24, 2.45) is 27.0 Å². The second kappa shape index (κ2) is 11.5. The Kier molecular flexibility index (Phi) is 8.84. The zero-order chi connectivity index (χ0) is 28.3. The number of urea groups is 1. The third-order valence-electron chi connectivity index (χ3n) is 8.39. The van der Waals surface area contributed by atoms with E-state index >= 15 is 0 Å². The van der Waals surface area contributed by atoms with Gasteiger partial charge in [0.05, 0.1) is 11.3 Å². The summed E-state index contributed by atoms with van der Waals surface area (Å²) < 4.78 is 29.0. The Bertz CT molecular complexity index is 1160. The van der Waals surface area contributed by atoms with E-state index in [9.17, 15) is 23.2 Å². The van der Waals surface area contributed by atoms with E-state index in [1.807, 2.05) is 6.92 Å². The van der Waals surface area contributed by atoms with Crippen molar-refractivity contribution in [3.63, 3.8) is 0 Å². The number of imide groups is 1. The molecule has 1 aromatic rings. The van der Waals surface area contributed by atoms with Gasteiger partial charge in [0.1, 0.15) is 17.7 Å². The number of amides is 4. The highest BCUT2D eigenvalue weighted by molar-refractivity contribution is 6.04. The molecule has 0 radical (unpaired) electrons. The van der Waals surface area contributed by atoms with Crippen LogP contribution >= 0.6 is 0 Å². The van der Waals surface area contributed by atoms with Crippen molar-refractivity contribution in [3.8, 4) is 0 Å². The summed E-state index contributed by atoms with van der Waals surface area (Å²) in [4.78, 5) is 38.0. The number of benzene rings is 1. The number of azo groups is 1. The van der Waals surface area contributed by atoms with Crippen molar-refractivity contribution in [2.75, 3.05) is 20.1 Å². The van der Waals surface area contributed by atoms with Crippen molar-refractivity contribution in [1.82, 2.24) is 15.5 Å². The van der Waals surface area contributed by atoms with Crippen LogP contribution in [0.3, 0.4) is 0 Å². The number of rotatable bonds is 10. The number of nitrogens with one attached hydrogen (secondary N) is 2. The standard InChI is InChI=1S/C28H37F2N5O3/c1-7-35(23(36)12-11-21-25(37)33-26(38)32-21)16-28(5)14-13-18(27(28,3)4)17(2)15-22(34-31-6)24-19(29)9-8-10-20(24)30/h8-10,15,18,21H,2,7,11-14,16H2,1,3-6H3,(H2,32,33,37,38)/b22-15-,34-31?/t18-,21?,28-/m0/s1. The van der Waals surface area contributed by atoms with Crippen LogP contribution in [0.1, 0.15) is 58.9 Å². The van der Waals surface area contributed by atoms with Gasteiger partial charge in [-0.2, -0.15) is 10.2 Å². The zero-order valence-corrected chi connectivity index (χ0v) is 22.7. The van der Waals surface area contributed by atoms with Gasteiger partial charge in [0, 0.05) is 26.6 Å². The van der Waals surface area contributed by atoms with E-state index in [0.717, 1.165) is 12.8 Å². The third kappa shape index (κ3) is 5.84. The number of carbonyl (C=O) groups is 3. The van der Waals surface area contributed by atoms with Crippen molar-refractivity contribution in [3.05, 3.63) is 53.6 Å². The van der Waals surface area contributed by atoms with Gasteiger partial charge in [-0.3, -0.25) is 14.9 Å². The zero-order valence-electron chi connectivity index (χ0n) is 22.7. The van der Waals surface area contributed by atoms with Crippen LogP contribution < -0.4 is 10.6 Å². The minimum absolute atomic E-state index is 0.0180. The molecule has 206 valence electrons. The summed E-state index contributed by atoms with van der Waals surface area (Å²) >= 11 is 0. The van der Waals surface area contributed by atoms with Gasteiger partial charge >= 0.3 is 6.03 Å². The molecular formula is C28H37F2N5O3. The lowest BCUT2D eigenvalue weighted by atomic mass is 9.64. The Morgan fingerprint density at radius 2 is 1.89 bits per heavy atom. The summed E-state index contributed by atoms with van der Waals surface area (Å²) in [6.07, 6.45) is 3.59. The predicted octanol–water partition coefficient (Wildman–Crippen LogP) is 5.22. The van der Waals surface area contributed by atoms with Crippen LogP contribution in [0.4, 0.5) is 13.6 Å². The molecule has 1 aromatic carbocycles. The Hall–Kier alpha value is -3.43. The van der Waals surface area contributed by atoms with E-state index in [0.29, 0.717) is 18.7 Å². The normalized spacial score (nSPS) is 25.0. The molecule has 3 atom stereocenters. The topological polar surface area (TPSA) is 103 Å². The number of halogens is 2.